The Hall–Kier alpha value is 0.190. The lowest BCUT2D eigenvalue weighted by molar-refractivity contribution is -0.0683. The summed E-state index contributed by atoms with van der Waals surface area (Å²) >= 11 is 1.57. The zero-order valence-corrected chi connectivity index (χ0v) is 10.7. The van der Waals surface area contributed by atoms with Crippen LogP contribution in [-0.2, 0) is 0 Å². The summed E-state index contributed by atoms with van der Waals surface area (Å²) in [4.78, 5) is 0. The molecule has 0 aromatic carbocycles. The zero-order chi connectivity index (χ0) is 12.4. The molecule has 4 N–H and O–H groups in total. The largest absolute Gasteiger partial charge is 0.394 e. The lowest BCUT2D eigenvalue weighted by atomic mass is 10.1. The molecule has 98 valence electrons. The molecule has 0 unspecified atom stereocenters. The molecule has 0 aromatic heterocycles. The van der Waals surface area contributed by atoms with E-state index in [9.17, 15) is 10.2 Å². The van der Waals surface area contributed by atoms with Crippen molar-refractivity contribution in [1.29, 1.82) is 0 Å². The Kier molecular flexibility index (Phi) is 10.5. The Morgan fingerprint density at radius 1 is 1.00 bits per heavy atom. The molecule has 5 heteroatoms. The standard InChI is InChI=1S/C11H24O4S/c1-2-3-4-5-6-16-8-10(14)11(15)9(13)7-12/h9-15H,2-8H2,1H3/t9-,10+,11-/m0/s1. The zero-order valence-electron chi connectivity index (χ0n) is 9.88. The van der Waals surface area contributed by atoms with Crippen LogP contribution in [0.3, 0.4) is 0 Å². The van der Waals surface area contributed by atoms with Crippen LogP contribution in [0.25, 0.3) is 0 Å². The van der Waals surface area contributed by atoms with Gasteiger partial charge < -0.3 is 20.4 Å². The summed E-state index contributed by atoms with van der Waals surface area (Å²) in [5.74, 6) is 1.35. The van der Waals surface area contributed by atoms with Crippen LogP contribution in [0, 0.1) is 0 Å². The first-order valence-corrected chi connectivity index (χ1v) is 7.01. The molecule has 0 rings (SSSR count). The summed E-state index contributed by atoms with van der Waals surface area (Å²) < 4.78 is 0. The second kappa shape index (κ2) is 10.4. The third-order valence-corrected chi connectivity index (χ3v) is 3.56. The van der Waals surface area contributed by atoms with Crippen LogP contribution in [-0.4, -0.2) is 56.9 Å². The summed E-state index contributed by atoms with van der Waals surface area (Å²) in [5, 5.41) is 36.5. The average Bonchev–Trinajstić information content (AvgIpc) is 2.31. The summed E-state index contributed by atoms with van der Waals surface area (Å²) in [5.41, 5.74) is 0. The van der Waals surface area contributed by atoms with Gasteiger partial charge in [0.2, 0.25) is 0 Å². The highest BCUT2D eigenvalue weighted by molar-refractivity contribution is 7.99. The summed E-state index contributed by atoms with van der Waals surface area (Å²) in [6.07, 6.45) is 1.26. The van der Waals surface area contributed by atoms with Crippen LogP contribution in [0.1, 0.15) is 32.6 Å². The molecule has 0 fully saturated rings. The van der Waals surface area contributed by atoms with Gasteiger partial charge in [0.1, 0.15) is 12.2 Å². The average molecular weight is 252 g/mol. The van der Waals surface area contributed by atoms with Crippen LogP contribution in [0.4, 0.5) is 0 Å². The summed E-state index contributed by atoms with van der Waals surface area (Å²) in [6.45, 7) is 1.63. The molecule has 0 aliphatic carbocycles. The monoisotopic (exact) mass is 252 g/mol. The molecule has 4 nitrogen and oxygen atoms in total. The number of unbranched alkanes of at least 4 members (excludes halogenated alkanes) is 3. The van der Waals surface area contributed by atoms with Crippen molar-refractivity contribution in [1.82, 2.24) is 0 Å². The molecular weight excluding hydrogens is 228 g/mol. The van der Waals surface area contributed by atoms with Crippen molar-refractivity contribution in [3.05, 3.63) is 0 Å². The number of rotatable bonds is 10. The normalized spacial score (nSPS) is 17.1. The van der Waals surface area contributed by atoms with Crippen molar-refractivity contribution in [2.24, 2.45) is 0 Å². The topological polar surface area (TPSA) is 80.9 Å². The van der Waals surface area contributed by atoms with Gasteiger partial charge in [0, 0.05) is 5.75 Å². The molecule has 0 heterocycles. The highest BCUT2D eigenvalue weighted by atomic mass is 32.2. The van der Waals surface area contributed by atoms with E-state index in [0.29, 0.717) is 5.75 Å². The van der Waals surface area contributed by atoms with Crippen molar-refractivity contribution < 1.29 is 20.4 Å². The van der Waals surface area contributed by atoms with Gasteiger partial charge in [-0.1, -0.05) is 26.2 Å². The van der Waals surface area contributed by atoms with Crippen LogP contribution in [0.15, 0.2) is 0 Å². The van der Waals surface area contributed by atoms with E-state index in [0.717, 1.165) is 12.2 Å². The van der Waals surface area contributed by atoms with E-state index >= 15 is 0 Å². The second-order valence-corrected chi connectivity index (χ2v) is 5.09. The minimum atomic E-state index is -1.26. The highest BCUT2D eigenvalue weighted by Crippen LogP contribution is 2.11. The molecule has 0 spiro atoms. The molecule has 0 saturated carbocycles. The van der Waals surface area contributed by atoms with Gasteiger partial charge in [-0.05, 0) is 12.2 Å². The predicted octanol–water partition coefficient (Wildman–Crippen LogP) is 0.375. The van der Waals surface area contributed by atoms with E-state index in [1.807, 2.05) is 0 Å². The third kappa shape index (κ3) is 7.46. The van der Waals surface area contributed by atoms with Gasteiger partial charge >= 0.3 is 0 Å². The molecule has 0 aromatic rings. The molecule has 0 amide bonds. The number of hydrogen-bond acceptors (Lipinski definition) is 5. The Bertz CT molecular complexity index is 157. The smallest absolute Gasteiger partial charge is 0.109 e. The first kappa shape index (κ1) is 16.2. The quantitative estimate of drug-likeness (QED) is 0.423. The Morgan fingerprint density at radius 2 is 1.69 bits per heavy atom. The van der Waals surface area contributed by atoms with Crippen LogP contribution in [0.5, 0.6) is 0 Å². The maximum absolute atomic E-state index is 9.48. The molecule has 0 bridgehead atoms. The van der Waals surface area contributed by atoms with Gasteiger partial charge in [0.15, 0.2) is 0 Å². The first-order valence-electron chi connectivity index (χ1n) is 5.86. The molecule has 0 saturated heterocycles. The molecule has 16 heavy (non-hydrogen) atoms. The van der Waals surface area contributed by atoms with Crippen LogP contribution >= 0.6 is 11.8 Å². The highest BCUT2D eigenvalue weighted by Gasteiger charge is 2.23. The van der Waals surface area contributed by atoms with Crippen molar-refractivity contribution in [3.63, 3.8) is 0 Å². The molecule has 0 aliphatic rings. The fraction of sp³-hybridized carbons (Fsp3) is 1.00. The minimum Gasteiger partial charge on any atom is -0.394 e. The Morgan fingerprint density at radius 3 is 2.25 bits per heavy atom. The molecular formula is C11H24O4S. The van der Waals surface area contributed by atoms with E-state index in [-0.39, 0.29) is 0 Å². The summed E-state index contributed by atoms with van der Waals surface area (Å²) in [6, 6.07) is 0. The third-order valence-electron chi connectivity index (χ3n) is 2.41. The maximum Gasteiger partial charge on any atom is 0.109 e. The SMILES string of the molecule is CCCCCCSC[C@@H](O)[C@@H](O)[C@@H](O)CO. The lowest BCUT2D eigenvalue weighted by Gasteiger charge is -2.21. The Labute approximate surface area is 102 Å². The Balaban J connectivity index is 3.45. The summed E-state index contributed by atoms with van der Waals surface area (Å²) in [7, 11) is 0. The van der Waals surface area contributed by atoms with E-state index in [1.165, 1.54) is 19.3 Å². The predicted molar refractivity (Wildman–Crippen MR) is 66.6 cm³/mol. The van der Waals surface area contributed by atoms with Gasteiger partial charge in [-0.25, -0.2) is 0 Å². The van der Waals surface area contributed by atoms with Gasteiger partial charge in [0.05, 0.1) is 12.7 Å². The number of aliphatic hydroxyl groups excluding tert-OH is 4. The number of thioether (sulfide) groups is 1. The second-order valence-electron chi connectivity index (χ2n) is 3.94. The maximum atomic E-state index is 9.48. The van der Waals surface area contributed by atoms with Crippen LogP contribution in [0.2, 0.25) is 0 Å². The van der Waals surface area contributed by atoms with Crippen LogP contribution < -0.4 is 0 Å². The first-order chi connectivity index (χ1) is 7.63. The van der Waals surface area contributed by atoms with Gasteiger partial charge in [-0.2, -0.15) is 11.8 Å². The van der Waals surface area contributed by atoms with Crippen molar-refractivity contribution in [2.75, 3.05) is 18.1 Å². The molecule has 0 radical (unpaired) electrons. The van der Waals surface area contributed by atoms with Gasteiger partial charge in [-0.3, -0.25) is 0 Å². The number of aliphatic hydroxyl groups is 4. The van der Waals surface area contributed by atoms with E-state index < -0.39 is 24.9 Å². The van der Waals surface area contributed by atoms with Crippen molar-refractivity contribution in [2.45, 2.75) is 50.9 Å². The van der Waals surface area contributed by atoms with Crippen molar-refractivity contribution >= 4 is 11.8 Å². The van der Waals surface area contributed by atoms with E-state index in [1.54, 1.807) is 11.8 Å². The van der Waals surface area contributed by atoms with Gasteiger partial charge in [-0.15, -0.1) is 0 Å². The minimum absolute atomic E-state index is 0.393. The van der Waals surface area contributed by atoms with Crippen molar-refractivity contribution in [3.8, 4) is 0 Å². The number of hydrogen-bond donors (Lipinski definition) is 4. The molecule has 3 atom stereocenters. The molecule has 0 aliphatic heterocycles. The van der Waals surface area contributed by atoms with E-state index in [2.05, 4.69) is 6.92 Å². The fourth-order valence-corrected chi connectivity index (χ4v) is 2.31. The fourth-order valence-electron chi connectivity index (χ4n) is 1.30. The van der Waals surface area contributed by atoms with Gasteiger partial charge in [0.25, 0.3) is 0 Å². The van der Waals surface area contributed by atoms with E-state index in [4.69, 9.17) is 10.2 Å². The lowest BCUT2D eigenvalue weighted by Crippen LogP contribution is -2.40.